The zero-order valence-corrected chi connectivity index (χ0v) is 23.9. The van der Waals surface area contributed by atoms with E-state index in [2.05, 4.69) is 6.07 Å². The average Bonchev–Trinajstić information content (AvgIpc) is 2.94. The molecule has 3 aromatic rings. The van der Waals surface area contributed by atoms with Gasteiger partial charge in [-0.25, -0.2) is 0 Å². The number of ether oxygens (including phenoxy) is 1. The highest BCUT2D eigenvalue weighted by Gasteiger charge is 2.41. The van der Waals surface area contributed by atoms with Crippen molar-refractivity contribution in [1.82, 2.24) is 0 Å². The summed E-state index contributed by atoms with van der Waals surface area (Å²) in [6.07, 6.45) is 1.38. The molecule has 0 amide bonds. The number of Topliss-reactive ketones (excluding diaryl/α,β-unsaturated/α-hetero) is 1. The SMILES string of the molecule is Cc1cc(COc2ccccc2Cl)c(C)c(C2C(C#N)=C(N)N(c3cc([N+](=O)[O-])ccc3Cl)C3=C2C(=O)CCC3)c1. The van der Waals surface area contributed by atoms with Gasteiger partial charge in [0.1, 0.15) is 18.2 Å². The number of anilines is 1. The van der Waals surface area contributed by atoms with E-state index in [0.717, 1.165) is 22.3 Å². The van der Waals surface area contributed by atoms with E-state index in [0.29, 0.717) is 41.3 Å². The summed E-state index contributed by atoms with van der Waals surface area (Å²) in [6, 6.07) is 17.5. The molecule has 0 spiro atoms. The summed E-state index contributed by atoms with van der Waals surface area (Å²) in [4.78, 5) is 26.2. The van der Waals surface area contributed by atoms with Crippen molar-refractivity contribution in [1.29, 1.82) is 5.26 Å². The topological polar surface area (TPSA) is 122 Å². The molecule has 1 aliphatic carbocycles. The van der Waals surface area contributed by atoms with Crippen LogP contribution in [0, 0.1) is 35.3 Å². The first-order valence-electron chi connectivity index (χ1n) is 13.0. The van der Waals surface area contributed by atoms with Crippen LogP contribution in [0.4, 0.5) is 11.4 Å². The lowest BCUT2D eigenvalue weighted by atomic mass is 9.73. The van der Waals surface area contributed by atoms with Crippen molar-refractivity contribution in [2.75, 3.05) is 4.90 Å². The van der Waals surface area contributed by atoms with Crippen LogP contribution in [0.2, 0.25) is 10.0 Å². The lowest BCUT2D eigenvalue weighted by molar-refractivity contribution is -0.384. The molecule has 0 radical (unpaired) electrons. The molecule has 10 heteroatoms. The standard InChI is InChI=1S/C31H26Cl2N4O4/c1-17-12-19(16-41-28-9-4-3-6-24(28)33)18(2)21(13-17)29-22(15-34)31(35)36(25-7-5-8-27(38)30(25)29)26-14-20(37(39)40)10-11-23(26)32/h3-4,6,9-14,29H,5,7-8,16,35H2,1-2H3. The molecule has 41 heavy (non-hydrogen) atoms. The van der Waals surface area contributed by atoms with Crippen molar-refractivity contribution >= 4 is 40.4 Å². The van der Waals surface area contributed by atoms with Gasteiger partial charge in [-0.05, 0) is 61.6 Å². The van der Waals surface area contributed by atoms with E-state index in [9.17, 15) is 20.2 Å². The largest absolute Gasteiger partial charge is 0.487 e. The van der Waals surface area contributed by atoms with Gasteiger partial charge in [0.25, 0.3) is 5.69 Å². The fraction of sp³-hybridized carbons (Fsp3) is 0.226. The van der Waals surface area contributed by atoms with Crippen molar-refractivity contribution in [3.05, 3.63) is 120 Å². The summed E-state index contributed by atoms with van der Waals surface area (Å²) in [6.45, 7) is 4.10. The molecule has 1 heterocycles. The van der Waals surface area contributed by atoms with E-state index in [4.69, 9.17) is 33.7 Å². The number of benzene rings is 3. The Morgan fingerprint density at radius 1 is 1.12 bits per heavy atom. The number of hydrogen-bond donors (Lipinski definition) is 1. The van der Waals surface area contributed by atoms with Gasteiger partial charge in [0.15, 0.2) is 5.78 Å². The normalized spacial score (nSPS) is 16.9. The molecule has 0 saturated carbocycles. The Labute approximate surface area is 247 Å². The molecule has 3 aromatic carbocycles. The van der Waals surface area contributed by atoms with Crippen molar-refractivity contribution < 1.29 is 14.5 Å². The van der Waals surface area contributed by atoms with E-state index in [-0.39, 0.29) is 40.2 Å². The Morgan fingerprint density at radius 3 is 2.59 bits per heavy atom. The lowest BCUT2D eigenvalue weighted by Crippen LogP contribution is -2.39. The molecular weight excluding hydrogens is 563 g/mol. The number of carbonyl (C=O) groups is 1. The molecule has 1 atom stereocenters. The van der Waals surface area contributed by atoms with Gasteiger partial charge in [0, 0.05) is 29.8 Å². The lowest BCUT2D eigenvalue weighted by Gasteiger charge is -2.40. The first kappa shape index (κ1) is 28.2. The van der Waals surface area contributed by atoms with Crippen LogP contribution in [-0.4, -0.2) is 10.7 Å². The number of halogens is 2. The highest BCUT2D eigenvalue weighted by Crippen LogP contribution is 2.49. The number of para-hydroxylation sites is 1. The van der Waals surface area contributed by atoms with E-state index in [1.807, 2.05) is 38.1 Å². The van der Waals surface area contributed by atoms with Crippen molar-refractivity contribution in [3.8, 4) is 11.8 Å². The number of nitriles is 1. The minimum absolute atomic E-state index is 0.0862. The summed E-state index contributed by atoms with van der Waals surface area (Å²) in [5.74, 6) is -0.176. The summed E-state index contributed by atoms with van der Waals surface area (Å²) in [5, 5.41) is 22.7. The second-order valence-electron chi connectivity index (χ2n) is 10.1. The second-order valence-corrected chi connectivity index (χ2v) is 10.9. The highest BCUT2D eigenvalue weighted by molar-refractivity contribution is 6.33. The van der Waals surface area contributed by atoms with Crippen LogP contribution >= 0.6 is 23.2 Å². The Hall–Kier alpha value is -4.32. The quantitative estimate of drug-likeness (QED) is 0.235. The Bertz CT molecular complexity index is 1710. The third-order valence-corrected chi connectivity index (χ3v) is 8.16. The Kier molecular flexibility index (Phi) is 7.76. The van der Waals surface area contributed by atoms with E-state index in [1.165, 1.54) is 18.2 Å². The van der Waals surface area contributed by atoms with E-state index < -0.39 is 10.8 Å². The van der Waals surface area contributed by atoms with Gasteiger partial charge in [0.2, 0.25) is 0 Å². The number of nitro groups is 1. The first-order valence-corrected chi connectivity index (χ1v) is 13.7. The van der Waals surface area contributed by atoms with Gasteiger partial charge in [-0.2, -0.15) is 5.26 Å². The maximum atomic E-state index is 13.6. The van der Waals surface area contributed by atoms with Crippen molar-refractivity contribution in [2.24, 2.45) is 5.73 Å². The maximum Gasteiger partial charge on any atom is 0.271 e. The van der Waals surface area contributed by atoms with E-state index in [1.54, 1.807) is 17.0 Å². The molecule has 2 aliphatic rings. The number of hydrogen-bond acceptors (Lipinski definition) is 7. The summed E-state index contributed by atoms with van der Waals surface area (Å²) in [5.41, 5.74) is 11.4. The molecule has 0 aromatic heterocycles. The molecule has 0 fully saturated rings. The molecule has 8 nitrogen and oxygen atoms in total. The molecule has 0 bridgehead atoms. The van der Waals surface area contributed by atoms with Gasteiger partial charge < -0.3 is 10.5 Å². The number of rotatable bonds is 6. The zero-order chi connectivity index (χ0) is 29.4. The van der Waals surface area contributed by atoms with Gasteiger partial charge in [-0.3, -0.25) is 19.8 Å². The van der Waals surface area contributed by atoms with Crippen molar-refractivity contribution in [3.63, 3.8) is 0 Å². The summed E-state index contributed by atoms with van der Waals surface area (Å²) < 4.78 is 6.03. The number of non-ortho nitro benzene ring substituents is 1. The Morgan fingerprint density at radius 2 is 1.88 bits per heavy atom. The predicted octanol–water partition coefficient (Wildman–Crippen LogP) is 7.40. The molecule has 5 rings (SSSR count). The van der Waals surface area contributed by atoms with Crippen LogP contribution in [0.3, 0.4) is 0 Å². The number of nitrogens with zero attached hydrogens (tertiary/aromatic N) is 3. The molecular formula is C31H26Cl2N4O4. The maximum absolute atomic E-state index is 13.6. The minimum atomic E-state index is -0.713. The highest BCUT2D eigenvalue weighted by atomic mass is 35.5. The van der Waals surface area contributed by atoms with E-state index >= 15 is 0 Å². The molecule has 0 saturated heterocycles. The predicted molar refractivity (Wildman–Crippen MR) is 158 cm³/mol. The first-order chi connectivity index (χ1) is 19.6. The number of nitro benzene ring substituents is 1. The van der Waals surface area contributed by atoms with Crippen LogP contribution in [0.5, 0.6) is 5.75 Å². The smallest absolute Gasteiger partial charge is 0.271 e. The number of aryl methyl sites for hydroxylation is 1. The fourth-order valence-corrected chi connectivity index (χ4v) is 5.98. The third kappa shape index (κ3) is 5.15. The fourth-order valence-electron chi connectivity index (χ4n) is 5.59. The van der Waals surface area contributed by atoms with Gasteiger partial charge in [0.05, 0.1) is 38.2 Å². The van der Waals surface area contributed by atoms with Gasteiger partial charge in [-0.15, -0.1) is 0 Å². The third-order valence-electron chi connectivity index (χ3n) is 7.53. The molecule has 208 valence electrons. The molecule has 2 N–H and O–H groups in total. The Balaban J connectivity index is 1.67. The van der Waals surface area contributed by atoms with Crippen LogP contribution in [-0.2, 0) is 11.4 Å². The van der Waals surface area contributed by atoms with Crippen LogP contribution in [0.1, 0.15) is 47.4 Å². The number of ketones is 1. The molecule has 1 aliphatic heterocycles. The van der Waals surface area contributed by atoms with Gasteiger partial charge in [-0.1, -0.05) is 53.0 Å². The summed E-state index contributed by atoms with van der Waals surface area (Å²) >= 11 is 12.8. The number of allylic oxidation sites excluding steroid dienone is 3. The van der Waals surface area contributed by atoms with Crippen molar-refractivity contribution in [2.45, 2.75) is 45.6 Å². The second kappa shape index (κ2) is 11.3. The van der Waals surface area contributed by atoms with Crippen LogP contribution in [0.25, 0.3) is 0 Å². The number of carbonyl (C=O) groups excluding carboxylic acids is 1. The minimum Gasteiger partial charge on any atom is -0.487 e. The molecule has 1 unspecified atom stereocenters. The monoisotopic (exact) mass is 588 g/mol. The number of nitrogens with two attached hydrogens (primary N) is 1. The summed E-state index contributed by atoms with van der Waals surface area (Å²) in [7, 11) is 0. The average molecular weight is 589 g/mol. The van der Waals surface area contributed by atoms with Crippen LogP contribution < -0.4 is 15.4 Å². The van der Waals surface area contributed by atoms with Gasteiger partial charge >= 0.3 is 0 Å². The van der Waals surface area contributed by atoms with Crippen LogP contribution in [0.15, 0.2) is 77.3 Å². The zero-order valence-electron chi connectivity index (χ0n) is 22.4.